The minimum absolute atomic E-state index is 0.186. The second-order valence-corrected chi connectivity index (χ2v) is 9.59. The third-order valence-electron chi connectivity index (χ3n) is 5.50. The van der Waals surface area contributed by atoms with Crippen LogP contribution in [0.2, 0.25) is 0 Å². The van der Waals surface area contributed by atoms with Crippen LogP contribution in [0.1, 0.15) is 136 Å². The highest BCUT2D eigenvalue weighted by Crippen LogP contribution is 2.13. The Kier molecular flexibility index (Phi) is 23.3. The van der Waals surface area contributed by atoms with Gasteiger partial charge in [-0.2, -0.15) is 0 Å². The number of carbonyl (C=O) groups is 2. The molecule has 0 aliphatic carbocycles. The number of carbonyl (C=O) groups excluding carboxylic acids is 2. The Bertz CT molecular complexity index is 412. The average Bonchev–Trinajstić information content (AvgIpc) is 2.74. The zero-order chi connectivity index (χ0) is 23.0. The lowest BCUT2D eigenvalue weighted by Gasteiger charge is -2.07. The molecule has 0 aliphatic rings. The van der Waals surface area contributed by atoms with Crippen LogP contribution in [0.4, 0.5) is 0 Å². The van der Waals surface area contributed by atoms with Gasteiger partial charge in [-0.15, -0.1) is 11.6 Å². The summed E-state index contributed by atoms with van der Waals surface area (Å²) < 4.78 is 10.2. The van der Waals surface area contributed by atoms with Crippen molar-refractivity contribution in [1.82, 2.24) is 0 Å². The van der Waals surface area contributed by atoms with Crippen LogP contribution in [0.15, 0.2) is 0 Å². The molecule has 0 aromatic heterocycles. The molecule has 1 atom stereocenters. The van der Waals surface area contributed by atoms with Crippen LogP contribution in [0.5, 0.6) is 0 Å². The van der Waals surface area contributed by atoms with E-state index in [1.54, 1.807) is 6.92 Å². The third-order valence-corrected chi connectivity index (χ3v) is 5.62. The van der Waals surface area contributed by atoms with E-state index in [1.807, 2.05) is 0 Å². The predicted octanol–water partition coefficient (Wildman–Crippen LogP) is 8.13. The highest BCUT2D eigenvalue weighted by Gasteiger charge is 2.08. The van der Waals surface area contributed by atoms with Crippen molar-refractivity contribution < 1.29 is 19.1 Å². The van der Waals surface area contributed by atoms with E-state index < -0.39 is 0 Å². The maximum absolute atomic E-state index is 11.7. The molecule has 184 valence electrons. The Balaban J connectivity index is 3.22. The first-order chi connectivity index (χ1) is 15.1. The number of hydrogen-bond donors (Lipinski definition) is 0. The van der Waals surface area contributed by atoms with Crippen molar-refractivity contribution in [3.63, 3.8) is 0 Å². The van der Waals surface area contributed by atoms with Gasteiger partial charge in [-0.25, -0.2) is 0 Å². The molecule has 0 amide bonds. The Morgan fingerprint density at radius 1 is 0.613 bits per heavy atom. The van der Waals surface area contributed by atoms with Gasteiger partial charge in [-0.3, -0.25) is 9.59 Å². The van der Waals surface area contributed by atoms with Gasteiger partial charge in [0, 0.05) is 12.8 Å². The molecule has 0 bridgehead atoms. The SMILES string of the molecule is CCCCCCCCCCCCCCCCCCOC(=O)CCCC(=O)OCC(C)Cl. The first-order valence-electron chi connectivity index (χ1n) is 13.0. The summed E-state index contributed by atoms with van der Waals surface area (Å²) >= 11 is 5.72. The van der Waals surface area contributed by atoms with Crippen LogP contribution in [-0.2, 0) is 19.1 Å². The number of rotatable bonds is 23. The fourth-order valence-electron chi connectivity index (χ4n) is 3.57. The van der Waals surface area contributed by atoms with Crippen molar-refractivity contribution in [3.8, 4) is 0 Å². The van der Waals surface area contributed by atoms with Crippen molar-refractivity contribution in [1.29, 1.82) is 0 Å². The molecule has 0 saturated carbocycles. The fraction of sp³-hybridized carbons (Fsp3) is 0.923. The zero-order valence-corrected chi connectivity index (χ0v) is 21.2. The lowest BCUT2D eigenvalue weighted by Crippen LogP contribution is -2.12. The maximum Gasteiger partial charge on any atom is 0.305 e. The predicted molar refractivity (Wildman–Crippen MR) is 131 cm³/mol. The number of hydrogen-bond acceptors (Lipinski definition) is 4. The van der Waals surface area contributed by atoms with Crippen molar-refractivity contribution in [3.05, 3.63) is 0 Å². The van der Waals surface area contributed by atoms with Crippen molar-refractivity contribution in [2.24, 2.45) is 0 Å². The number of unbranched alkanes of at least 4 members (excludes halogenated alkanes) is 15. The second-order valence-electron chi connectivity index (χ2n) is 8.84. The third kappa shape index (κ3) is 25.4. The molecule has 0 heterocycles. The van der Waals surface area contributed by atoms with Crippen LogP contribution in [0.3, 0.4) is 0 Å². The normalized spacial score (nSPS) is 12.0. The summed E-state index contributed by atoms with van der Waals surface area (Å²) in [4.78, 5) is 23.1. The van der Waals surface area contributed by atoms with Crippen molar-refractivity contribution in [2.75, 3.05) is 13.2 Å². The Hall–Kier alpha value is -0.770. The van der Waals surface area contributed by atoms with Gasteiger partial charge in [-0.1, -0.05) is 103 Å². The Morgan fingerprint density at radius 2 is 1.00 bits per heavy atom. The molecule has 0 N–H and O–H groups in total. The molecule has 0 fully saturated rings. The quantitative estimate of drug-likeness (QED) is 0.0876. The lowest BCUT2D eigenvalue weighted by molar-refractivity contribution is -0.145. The van der Waals surface area contributed by atoms with Gasteiger partial charge in [0.1, 0.15) is 6.61 Å². The first kappa shape index (κ1) is 30.2. The van der Waals surface area contributed by atoms with Gasteiger partial charge in [-0.05, 0) is 19.8 Å². The lowest BCUT2D eigenvalue weighted by atomic mass is 10.0. The smallest absolute Gasteiger partial charge is 0.305 e. The summed E-state index contributed by atoms with van der Waals surface area (Å²) in [6.45, 7) is 4.75. The van der Waals surface area contributed by atoms with Crippen LogP contribution >= 0.6 is 11.6 Å². The van der Waals surface area contributed by atoms with Crippen molar-refractivity contribution in [2.45, 2.75) is 141 Å². The molecule has 5 heteroatoms. The summed E-state index contributed by atoms with van der Waals surface area (Å²) in [5.74, 6) is -0.530. The van der Waals surface area contributed by atoms with E-state index in [2.05, 4.69) is 6.92 Å². The fourth-order valence-corrected chi connectivity index (χ4v) is 3.63. The van der Waals surface area contributed by atoms with Gasteiger partial charge in [0.2, 0.25) is 0 Å². The first-order valence-corrected chi connectivity index (χ1v) is 13.4. The minimum Gasteiger partial charge on any atom is -0.466 e. The number of esters is 2. The minimum atomic E-state index is -0.307. The van der Waals surface area contributed by atoms with Gasteiger partial charge < -0.3 is 9.47 Å². The monoisotopic (exact) mass is 460 g/mol. The number of alkyl halides is 1. The zero-order valence-electron chi connectivity index (χ0n) is 20.4. The van der Waals surface area contributed by atoms with E-state index in [1.165, 1.54) is 89.9 Å². The van der Waals surface area contributed by atoms with E-state index in [0.29, 0.717) is 13.0 Å². The summed E-state index contributed by atoms with van der Waals surface area (Å²) in [5.41, 5.74) is 0. The highest BCUT2D eigenvalue weighted by atomic mass is 35.5. The Labute approximate surface area is 197 Å². The standard InChI is InChI=1S/C26H49ClO4/c1-3-4-5-6-7-8-9-10-11-12-13-14-15-16-17-18-22-30-25(28)20-19-21-26(29)31-23-24(2)27/h24H,3-23H2,1-2H3. The molecule has 0 aromatic rings. The van der Waals surface area contributed by atoms with Crippen LogP contribution in [0, 0.1) is 0 Å². The van der Waals surface area contributed by atoms with E-state index in [9.17, 15) is 9.59 Å². The van der Waals surface area contributed by atoms with E-state index >= 15 is 0 Å². The molecular formula is C26H49ClO4. The summed E-state index contributed by atoms with van der Waals surface area (Å²) in [7, 11) is 0. The van der Waals surface area contributed by atoms with E-state index in [-0.39, 0.29) is 36.8 Å². The topological polar surface area (TPSA) is 52.6 Å². The van der Waals surface area contributed by atoms with Gasteiger partial charge in [0.05, 0.1) is 12.0 Å². The van der Waals surface area contributed by atoms with Crippen LogP contribution in [0.25, 0.3) is 0 Å². The molecule has 1 unspecified atom stereocenters. The maximum atomic E-state index is 11.7. The van der Waals surface area contributed by atoms with Gasteiger partial charge in [0.25, 0.3) is 0 Å². The summed E-state index contributed by atoms with van der Waals surface area (Å²) in [5, 5.41) is -0.186. The van der Waals surface area contributed by atoms with Gasteiger partial charge in [0.15, 0.2) is 0 Å². The molecule has 31 heavy (non-hydrogen) atoms. The molecule has 0 radical (unpaired) electrons. The molecular weight excluding hydrogens is 412 g/mol. The second kappa shape index (κ2) is 23.9. The summed E-state index contributed by atoms with van der Waals surface area (Å²) in [6.07, 6.45) is 22.3. The van der Waals surface area contributed by atoms with E-state index in [0.717, 1.165) is 12.8 Å². The highest BCUT2D eigenvalue weighted by molar-refractivity contribution is 6.20. The van der Waals surface area contributed by atoms with E-state index in [4.69, 9.17) is 21.1 Å². The molecule has 0 spiro atoms. The van der Waals surface area contributed by atoms with Crippen LogP contribution < -0.4 is 0 Å². The van der Waals surface area contributed by atoms with Gasteiger partial charge >= 0.3 is 11.9 Å². The molecule has 0 aliphatic heterocycles. The number of halogens is 1. The molecule has 4 nitrogen and oxygen atoms in total. The summed E-state index contributed by atoms with van der Waals surface area (Å²) in [6, 6.07) is 0. The average molecular weight is 461 g/mol. The van der Waals surface area contributed by atoms with Crippen LogP contribution in [-0.4, -0.2) is 30.5 Å². The van der Waals surface area contributed by atoms with Crippen molar-refractivity contribution >= 4 is 23.5 Å². The molecule has 0 aromatic carbocycles. The Morgan fingerprint density at radius 3 is 1.42 bits per heavy atom. The molecule has 0 saturated heterocycles. The largest absolute Gasteiger partial charge is 0.466 e. The molecule has 0 rings (SSSR count). The number of ether oxygens (including phenoxy) is 2.